The zero-order valence-electron chi connectivity index (χ0n) is 14.6. The van der Waals surface area contributed by atoms with Crippen LogP contribution >= 0.6 is 0 Å². The number of ether oxygens (including phenoxy) is 1. The average Bonchev–Trinajstić information content (AvgIpc) is 3.09. The minimum Gasteiger partial charge on any atom is -0.472 e. The molecule has 2 aromatic heterocycles. The number of carbonyl (C=O) groups is 1. The lowest BCUT2D eigenvalue weighted by molar-refractivity contribution is 0.0706. The number of aromatic nitrogens is 3. The molecule has 0 bridgehead atoms. The topological polar surface area (TPSA) is 60.2 Å². The molecule has 0 spiro atoms. The van der Waals surface area contributed by atoms with Crippen molar-refractivity contribution in [3.8, 4) is 5.88 Å². The Hall–Kier alpha value is -3.15. The smallest absolute Gasteiger partial charge is 0.254 e. The van der Waals surface area contributed by atoms with Crippen molar-refractivity contribution in [2.24, 2.45) is 0 Å². The molecule has 0 unspecified atom stereocenters. The van der Waals surface area contributed by atoms with E-state index in [1.54, 1.807) is 12.4 Å². The van der Waals surface area contributed by atoms with E-state index in [1.807, 2.05) is 59.0 Å². The molecular formula is C20H20N4O2. The Kier molecular flexibility index (Phi) is 4.39. The van der Waals surface area contributed by atoms with Crippen LogP contribution in [0.25, 0.3) is 0 Å². The highest BCUT2D eigenvalue weighted by Gasteiger charge is 2.23. The van der Waals surface area contributed by atoms with Crippen LogP contribution in [0.15, 0.2) is 54.9 Å². The molecule has 0 N–H and O–H groups in total. The quantitative estimate of drug-likeness (QED) is 0.727. The molecule has 0 aliphatic carbocycles. The molecule has 1 aliphatic heterocycles. The van der Waals surface area contributed by atoms with Gasteiger partial charge in [-0.1, -0.05) is 23.8 Å². The van der Waals surface area contributed by atoms with Gasteiger partial charge in [-0.3, -0.25) is 14.5 Å². The lowest BCUT2D eigenvalue weighted by atomic mass is 10.1. The summed E-state index contributed by atoms with van der Waals surface area (Å²) < 4.78 is 7.68. The molecule has 3 aromatic rings. The van der Waals surface area contributed by atoms with Crippen molar-refractivity contribution in [1.82, 2.24) is 19.7 Å². The first-order chi connectivity index (χ1) is 12.7. The summed E-state index contributed by atoms with van der Waals surface area (Å²) in [6.07, 6.45) is 3.51. The van der Waals surface area contributed by atoms with E-state index in [1.165, 1.54) is 0 Å². The van der Waals surface area contributed by atoms with E-state index in [0.717, 1.165) is 22.4 Å². The number of hydrogen-bond donors (Lipinski definition) is 0. The summed E-state index contributed by atoms with van der Waals surface area (Å²) in [7, 11) is 0. The molecule has 6 nitrogen and oxygen atoms in total. The number of benzene rings is 1. The van der Waals surface area contributed by atoms with Gasteiger partial charge >= 0.3 is 0 Å². The summed E-state index contributed by atoms with van der Waals surface area (Å²) in [6, 6.07) is 13.4. The summed E-state index contributed by atoms with van der Waals surface area (Å²) in [4.78, 5) is 18.6. The number of hydrogen-bond acceptors (Lipinski definition) is 4. The van der Waals surface area contributed by atoms with Crippen LogP contribution in [-0.2, 0) is 19.7 Å². The molecule has 0 saturated carbocycles. The molecule has 0 atom stereocenters. The summed E-state index contributed by atoms with van der Waals surface area (Å²) in [5.41, 5.74) is 3.85. The normalized spacial score (nSPS) is 13.3. The van der Waals surface area contributed by atoms with Crippen molar-refractivity contribution in [3.05, 3.63) is 77.2 Å². The van der Waals surface area contributed by atoms with Gasteiger partial charge in [0.1, 0.15) is 6.61 Å². The van der Waals surface area contributed by atoms with Crippen LogP contribution in [0.2, 0.25) is 0 Å². The Labute approximate surface area is 152 Å². The Balaban J connectivity index is 1.43. The van der Waals surface area contributed by atoms with Gasteiger partial charge in [-0.25, -0.2) is 0 Å². The van der Waals surface area contributed by atoms with Crippen molar-refractivity contribution < 1.29 is 9.53 Å². The van der Waals surface area contributed by atoms with Crippen LogP contribution in [0.1, 0.15) is 27.2 Å². The molecule has 132 valence electrons. The van der Waals surface area contributed by atoms with Crippen LogP contribution < -0.4 is 4.74 Å². The van der Waals surface area contributed by atoms with Gasteiger partial charge in [-0.2, -0.15) is 0 Å². The molecule has 0 saturated heterocycles. The summed E-state index contributed by atoms with van der Waals surface area (Å²) in [5.74, 6) is 0.628. The minimum atomic E-state index is 0.0512. The predicted octanol–water partition coefficient (Wildman–Crippen LogP) is 2.82. The standard InChI is InChI=1S/C20H20N4O2/c1-15-4-6-17(7-5-15)20(25)23-9-10-24-18(13-23)11-19(22-24)26-14-16-3-2-8-21-12-16/h2-8,11-12H,9-10,13-14H2,1H3. The molecule has 1 amide bonds. The van der Waals surface area contributed by atoms with Gasteiger partial charge in [0.2, 0.25) is 5.88 Å². The number of pyridine rings is 1. The maximum absolute atomic E-state index is 12.7. The van der Waals surface area contributed by atoms with Crippen molar-refractivity contribution in [2.45, 2.75) is 26.6 Å². The van der Waals surface area contributed by atoms with Crippen LogP contribution in [0.5, 0.6) is 5.88 Å². The number of amides is 1. The fourth-order valence-electron chi connectivity index (χ4n) is 3.00. The van der Waals surface area contributed by atoms with Gasteiger partial charge in [0.05, 0.1) is 18.8 Å². The number of aryl methyl sites for hydroxylation is 1. The van der Waals surface area contributed by atoms with Gasteiger partial charge in [0.25, 0.3) is 5.91 Å². The largest absolute Gasteiger partial charge is 0.472 e. The second-order valence-electron chi connectivity index (χ2n) is 6.44. The molecule has 1 aromatic carbocycles. The number of fused-ring (bicyclic) bond motifs is 1. The zero-order chi connectivity index (χ0) is 17.9. The first-order valence-electron chi connectivity index (χ1n) is 8.63. The Morgan fingerprint density at radius 3 is 2.81 bits per heavy atom. The van der Waals surface area contributed by atoms with Crippen LogP contribution in [-0.4, -0.2) is 32.1 Å². The van der Waals surface area contributed by atoms with Gasteiger partial charge in [0, 0.05) is 36.1 Å². The summed E-state index contributed by atoms with van der Waals surface area (Å²) in [6.45, 7) is 4.29. The van der Waals surface area contributed by atoms with Gasteiger partial charge < -0.3 is 9.64 Å². The Morgan fingerprint density at radius 1 is 1.19 bits per heavy atom. The molecule has 4 rings (SSSR count). The molecule has 0 radical (unpaired) electrons. The second-order valence-corrected chi connectivity index (χ2v) is 6.44. The molecule has 3 heterocycles. The SMILES string of the molecule is Cc1ccc(C(=O)N2CCn3nc(OCc4cccnc4)cc3C2)cc1. The fraction of sp³-hybridized carbons (Fsp3) is 0.250. The third kappa shape index (κ3) is 3.44. The molecule has 26 heavy (non-hydrogen) atoms. The van der Waals surface area contributed by atoms with E-state index in [4.69, 9.17) is 4.74 Å². The predicted molar refractivity (Wildman–Crippen MR) is 96.7 cm³/mol. The molecular weight excluding hydrogens is 328 g/mol. The second kappa shape index (κ2) is 7.00. The zero-order valence-corrected chi connectivity index (χ0v) is 14.6. The molecule has 1 aliphatic rings. The molecule has 6 heteroatoms. The fourth-order valence-corrected chi connectivity index (χ4v) is 3.00. The van der Waals surface area contributed by atoms with Crippen LogP contribution in [0.4, 0.5) is 0 Å². The number of nitrogens with zero attached hydrogens (tertiary/aromatic N) is 4. The van der Waals surface area contributed by atoms with E-state index in [-0.39, 0.29) is 5.91 Å². The number of carbonyl (C=O) groups excluding carboxylic acids is 1. The minimum absolute atomic E-state index is 0.0512. The lowest BCUT2D eigenvalue weighted by Crippen LogP contribution is -2.38. The van der Waals surface area contributed by atoms with E-state index in [2.05, 4.69) is 10.1 Å². The average molecular weight is 348 g/mol. The van der Waals surface area contributed by atoms with Gasteiger partial charge in [0.15, 0.2) is 0 Å². The van der Waals surface area contributed by atoms with E-state index < -0.39 is 0 Å². The lowest BCUT2D eigenvalue weighted by Gasteiger charge is -2.27. The van der Waals surface area contributed by atoms with E-state index in [0.29, 0.717) is 32.1 Å². The monoisotopic (exact) mass is 348 g/mol. The highest BCUT2D eigenvalue weighted by molar-refractivity contribution is 5.94. The Morgan fingerprint density at radius 2 is 2.04 bits per heavy atom. The van der Waals surface area contributed by atoms with E-state index >= 15 is 0 Å². The van der Waals surface area contributed by atoms with Crippen molar-refractivity contribution in [2.75, 3.05) is 6.54 Å². The van der Waals surface area contributed by atoms with Crippen molar-refractivity contribution in [3.63, 3.8) is 0 Å². The van der Waals surface area contributed by atoms with Crippen molar-refractivity contribution >= 4 is 5.91 Å². The van der Waals surface area contributed by atoms with Crippen LogP contribution in [0, 0.1) is 6.92 Å². The van der Waals surface area contributed by atoms with Crippen LogP contribution in [0.3, 0.4) is 0 Å². The maximum atomic E-state index is 12.7. The maximum Gasteiger partial charge on any atom is 0.254 e. The highest BCUT2D eigenvalue weighted by Crippen LogP contribution is 2.20. The third-order valence-corrected chi connectivity index (χ3v) is 4.47. The van der Waals surface area contributed by atoms with Gasteiger partial charge in [-0.15, -0.1) is 5.10 Å². The Bertz CT molecular complexity index is 903. The summed E-state index contributed by atoms with van der Waals surface area (Å²) in [5, 5.41) is 4.48. The summed E-state index contributed by atoms with van der Waals surface area (Å²) >= 11 is 0. The highest BCUT2D eigenvalue weighted by atomic mass is 16.5. The molecule has 0 fully saturated rings. The number of rotatable bonds is 4. The third-order valence-electron chi connectivity index (χ3n) is 4.47. The first-order valence-corrected chi connectivity index (χ1v) is 8.63. The first kappa shape index (κ1) is 16.3. The van der Waals surface area contributed by atoms with E-state index in [9.17, 15) is 4.79 Å². The van der Waals surface area contributed by atoms with Crippen molar-refractivity contribution in [1.29, 1.82) is 0 Å². The van der Waals surface area contributed by atoms with Gasteiger partial charge in [-0.05, 0) is 25.1 Å².